The Morgan fingerprint density at radius 3 is 2.68 bits per heavy atom. The Morgan fingerprint density at radius 2 is 1.91 bits per heavy atom. The van der Waals surface area contributed by atoms with E-state index in [-0.39, 0.29) is 11.6 Å². The summed E-state index contributed by atoms with van der Waals surface area (Å²) in [7, 11) is 0. The summed E-state index contributed by atoms with van der Waals surface area (Å²) < 4.78 is 5.21. The van der Waals surface area contributed by atoms with Gasteiger partial charge >= 0.3 is 0 Å². The van der Waals surface area contributed by atoms with Gasteiger partial charge in [0.15, 0.2) is 11.5 Å². The zero-order valence-corrected chi connectivity index (χ0v) is 12.4. The molecule has 110 valence electrons. The molecule has 1 heterocycles. The van der Waals surface area contributed by atoms with Crippen LogP contribution in [0.2, 0.25) is 5.02 Å². The average molecular weight is 313 g/mol. The Labute approximate surface area is 132 Å². The van der Waals surface area contributed by atoms with E-state index >= 15 is 0 Å². The van der Waals surface area contributed by atoms with Crippen LogP contribution >= 0.6 is 11.6 Å². The number of nitrogens with one attached hydrogen (secondary N) is 1. The fourth-order valence-corrected chi connectivity index (χ4v) is 2.22. The SMILES string of the molecule is O=C(NCc1ccccc1)c1cc(-c2cccc(Cl)c2)on1. The number of amides is 1. The molecule has 0 saturated carbocycles. The van der Waals surface area contributed by atoms with Crippen molar-refractivity contribution >= 4 is 17.5 Å². The summed E-state index contributed by atoms with van der Waals surface area (Å²) in [6.45, 7) is 0.443. The fraction of sp³-hybridized carbons (Fsp3) is 0.0588. The second-order valence-electron chi connectivity index (χ2n) is 4.76. The van der Waals surface area contributed by atoms with Crippen LogP contribution in [0.15, 0.2) is 65.2 Å². The van der Waals surface area contributed by atoms with Crippen LogP contribution in [0.25, 0.3) is 11.3 Å². The zero-order chi connectivity index (χ0) is 15.4. The van der Waals surface area contributed by atoms with E-state index in [4.69, 9.17) is 16.1 Å². The third-order valence-electron chi connectivity index (χ3n) is 3.15. The highest BCUT2D eigenvalue weighted by Gasteiger charge is 2.13. The first-order valence-electron chi connectivity index (χ1n) is 6.77. The van der Waals surface area contributed by atoms with Gasteiger partial charge in [-0.2, -0.15) is 0 Å². The minimum Gasteiger partial charge on any atom is -0.355 e. The molecule has 0 atom stereocenters. The molecule has 1 N–H and O–H groups in total. The number of hydrogen-bond acceptors (Lipinski definition) is 3. The Morgan fingerprint density at radius 1 is 1.09 bits per heavy atom. The second-order valence-corrected chi connectivity index (χ2v) is 5.19. The summed E-state index contributed by atoms with van der Waals surface area (Å²) in [5, 5.41) is 7.21. The van der Waals surface area contributed by atoms with E-state index in [1.165, 1.54) is 0 Å². The summed E-state index contributed by atoms with van der Waals surface area (Å²) in [5.41, 5.74) is 2.04. The van der Waals surface area contributed by atoms with E-state index in [0.29, 0.717) is 17.3 Å². The van der Waals surface area contributed by atoms with Gasteiger partial charge in [0.1, 0.15) is 0 Å². The van der Waals surface area contributed by atoms with E-state index in [2.05, 4.69) is 10.5 Å². The third kappa shape index (κ3) is 3.35. The van der Waals surface area contributed by atoms with Crippen molar-refractivity contribution in [1.82, 2.24) is 10.5 Å². The minimum atomic E-state index is -0.277. The van der Waals surface area contributed by atoms with Gasteiger partial charge in [-0.3, -0.25) is 4.79 Å². The fourth-order valence-electron chi connectivity index (χ4n) is 2.03. The summed E-state index contributed by atoms with van der Waals surface area (Å²) in [5.74, 6) is 0.230. The Bertz CT molecular complexity index is 784. The van der Waals surface area contributed by atoms with Crippen LogP contribution in [-0.2, 0) is 6.54 Å². The summed E-state index contributed by atoms with van der Waals surface area (Å²) in [4.78, 5) is 12.1. The molecule has 3 rings (SSSR count). The lowest BCUT2D eigenvalue weighted by atomic mass is 10.1. The largest absolute Gasteiger partial charge is 0.355 e. The third-order valence-corrected chi connectivity index (χ3v) is 3.38. The number of aromatic nitrogens is 1. The van der Waals surface area contributed by atoms with Gasteiger partial charge in [-0.05, 0) is 17.7 Å². The van der Waals surface area contributed by atoms with Crippen LogP contribution in [0.1, 0.15) is 16.1 Å². The highest BCUT2D eigenvalue weighted by Crippen LogP contribution is 2.23. The maximum absolute atomic E-state index is 12.1. The lowest BCUT2D eigenvalue weighted by Gasteiger charge is -2.02. The van der Waals surface area contributed by atoms with Crippen molar-refractivity contribution in [1.29, 1.82) is 0 Å². The first-order valence-corrected chi connectivity index (χ1v) is 7.15. The lowest BCUT2D eigenvalue weighted by Crippen LogP contribution is -2.22. The van der Waals surface area contributed by atoms with Crippen molar-refractivity contribution in [2.45, 2.75) is 6.54 Å². The second kappa shape index (κ2) is 6.45. The monoisotopic (exact) mass is 312 g/mol. The molecule has 0 aliphatic carbocycles. The van der Waals surface area contributed by atoms with Gasteiger partial charge in [-0.15, -0.1) is 0 Å². The number of hydrogen-bond donors (Lipinski definition) is 1. The number of nitrogens with zero attached hydrogens (tertiary/aromatic N) is 1. The van der Waals surface area contributed by atoms with Gasteiger partial charge in [-0.25, -0.2) is 0 Å². The molecule has 0 aliphatic rings. The van der Waals surface area contributed by atoms with Crippen molar-refractivity contribution in [2.24, 2.45) is 0 Å². The summed E-state index contributed by atoms with van der Waals surface area (Å²) >= 11 is 5.94. The molecular weight excluding hydrogens is 300 g/mol. The van der Waals surface area contributed by atoms with Gasteiger partial charge in [-0.1, -0.05) is 59.2 Å². The standard InChI is InChI=1S/C17H13ClN2O2/c18-14-8-4-7-13(9-14)16-10-15(20-22-16)17(21)19-11-12-5-2-1-3-6-12/h1-10H,11H2,(H,19,21). The molecule has 0 radical (unpaired) electrons. The van der Waals surface area contributed by atoms with E-state index in [9.17, 15) is 4.79 Å². The van der Waals surface area contributed by atoms with Gasteiger partial charge in [0.05, 0.1) is 0 Å². The predicted molar refractivity (Wildman–Crippen MR) is 84.6 cm³/mol. The first-order chi connectivity index (χ1) is 10.7. The summed E-state index contributed by atoms with van der Waals surface area (Å²) in [6.07, 6.45) is 0. The van der Waals surface area contributed by atoms with Gasteiger partial charge in [0.2, 0.25) is 0 Å². The Hall–Kier alpha value is -2.59. The number of carbonyl (C=O) groups is 1. The topological polar surface area (TPSA) is 55.1 Å². The Balaban J connectivity index is 1.69. The van der Waals surface area contributed by atoms with Crippen LogP contribution in [0, 0.1) is 0 Å². The van der Waals surface area contributed by atoms with Crippen LogP contribution in [0.4, 0.5) is 0 Å². The summed E-state index contributed by atoms with van der Waals surface area (Å²) in [6, 6.07) is 18.5. The van der Waals surface area contributed by atoms with Gasteiger partial charge < -0.3 is 9.84 Å². The van der Waals surface area contributed by atoms with Gasteiger partial charge in [0, 0.05) is 23.2 Å². The van der Waals surface area contributed by atoms with Crippen molar-refractivity contribution in [2.75, 3.05) is 0 Å². The van der Waals surface area contributed by atoms with Crippen LogP contribution < -0.4 is 5.32 Å². The van der Waals surface area contributed by atoms with Crippen LogP contribution in [-0.4, -0.2) is 11.1 Å². The highest BCUT2D eigenvalue weighted by atomic mass is 35.5. The molecule has 2 aromatic carbocycles. The molecular formula is C17H13ClN2O2. The van der Waals surface area contributed by atoms with Crippen LogP contribution in [0.3, 0.4) is 0 Å². The first kappa shape index (κ1) is 14.4. The number of rotatable bonds is 4. The smallest absolute Gasteiger partial charge is 0.273 e. The van der Waals surface area contributed by atoms with Crippen molar-refractivity contribution < 1.29 is 9.32 Å². The van der Waals surface area contributed by atoms with Crippen molar-refractivity contribution in [3.63, 3.8) is 0 Å². The molecule has 0 saturated heterocycles. The van der Waals surface area contributed by atoms with Crippen molar-refractivity contribution in [3.8, 4) is 11.3 Å². The molecule has 4 nitrogen and oxygen atoms in total. The van der Waals surface area contributed by atoms with Crippen LogP contribution in [0.5, 0.6) is 0 Å². The number of carbonyl (C=O) groups excluding carboxylic acids is 1. The maximum atomic E-state index is 12.1. The van der Waals surface area contributed by atoms with Crippen molar-refractivity contribution in [3.05, 3.63) is 76.9 Å². The molecule has 3 aromatic rings. The molecule has 1 amide bonds. The van der Waals surface area contributed by atoms with E-state index in [1.807, 2.05) is 42.5 Å². The number of benzene rings is 2. The highest BCUT2D eigenvalue weighted by molar-refractivity contribution is 6.30. The lowest BCUT2D eigenvalue weighted by molar-refractivity contribution is 0.0942. The molecule has 0 aliphatic heterocycles. The van der Waals surface area contributed by atoms with E-state index in [0.717, 1.165) is 11.1 Å². The maximum Gasteiger partial charge on any atom is 0.273 e. The zero-order valence-electron chi connectivity index (χ0n) is 11.6. The molecule has 1 aromatic heterocycles. The minimum absolute atomic E-state index is 0.242. The Kier molecular flexibility index (Phi) is 4.21. The molecule has 22 heavy (non-hydrogen) atoms. The average Bonchev–Trinajstić information content (AvgIpc) is 3.04. The molecule has 0 bridgehead atoms. The van der Waals surface area contributed by atoms with E-state index < -0.39 is 0 Å². The molecule has 0 unspecified atom stereocenters. The molecule has 5 heteroatoms. The van der Waals surface area contributed by atoms with Gasteiger partial charge in [0.25, 0.3) is 5.91 Å². The number of halogens is 1. The normalized spacial score (nSPS) is 10.4. The molecule has 0 fully saturated rings. The molecule has 0 spiro atoms. The quantitative estimate of drug-likeness (QED) is 0.794. The predicted octanol–water partition coefficient (Wildman–Crippen LogP) is 3.93. The van der Waals surface area contributed by atoms with E-state index in [1.54, 1.807) is 18.2 Å².